The number of nitro groups is 1. The molecule has 7 amide bonds. The van der Waals surface area contributed by atoms with E-state index in [1.54, 1.807) is 74.9 Å². The first-order valence-corrected chi connectivity index (χ1v) is 25.9. The predicted octanol–water partition coefficient (Wildman–Crippen LogP) is 2.37. The van der Waals surface area contributed by atoms with Crippen LogP contribution in [0, 0.1) is 27.9 Å². The molecule has 0 spiro atoms. The maximum absolute atomic E-state index is 15.4. The number of amides is 7. The van der Waals surface area contributed by atoms with Gasteiger partial charge in [0.05, 0.1) is 23.2 Å². The molecule has 22 nitrogen and oxygen atoms in total. The zero-order chi connectivity index (χ0) is 56.7. The zero-order valence-electron chi connectivity index (χ0n) is 45.4. The summed E-state index contributed by atoms with van der Waals surface area (Å²) in [5, 5.41) is 66.6. The molecule has 1 aromatic heterocycles. The maximum Gasteiger partial charge on any atom is 0.310 e. The molecular formula is C54H77N9O13. The van der Waals surface area contributed by atoms with E-state index in [2.05, 4.69) is 21.3 Å². The first kappa shape index (κ1) is 60.0. The molecule has 8 N–H and O–H groups in total. The monoisotopic (exact) mass is 1060 g/mol. The summed E-state index contributed by atoms with van der Waals surface area (Å²) in [7, 11) is 2.72. The lowest BCUT2D eigenvalue weighted by atomic mass is 9.89. The van der Waals surface area contributed by atoms with Gasteiger partial charge in [-0.15, -0.1) is 0 Å². The van der Waals surface area contributed by atoms with Gasteiger partial charge in [-0.1, -0.05) is 71.0 Å². The Kier molecular flexibility index (Phi) is 20.0. The molecule has 3 heterocycles. The topological polar surface area (TPSA) is 306 Å². The third kappa shape index (κ3) is 13.5. The molecule has 22 heteroatoms. The number of carbonyl (C=O) groups is 7. The Morgan fingerprint density at radius 1 is 0.789 bits per heavy atom. The fourth-order valence-electron chi connectivity index (χ4n) is 10.0. The minimum absolute atomic E-state index is 0.0212. The smallest absolute Gasteiger partial charge is 0.310 e. The van der Waals surface area contributed by atoms with Crippen LogP contribution in [-0.4, -0.2) is 161 Å². The van der Waals surface area contributed by atoms with Crippen molar-refractivity contribution in [3.63, 3.8) is 0 Å². The van der Waals surface area contributed by atoms with Gasteiger partial charge in [-0.25, -0.2) is 0 Å². The van der Waals surface area contributed by atoms with Crippen molar-refractivity contribution in [2.75, 3.05) is 20.7 Å². The molecule has 0 aliphatic carbocycles. The second kappa shape index (κ2) is 25.3. The molecule has 3 aromatic rings. The number of carbonyl (C=O) groups excluding carboxylic acids is 7. The second-order valence-electron chi connectivity index (χ2n) is 21.7. The standard InChI is InChI=1S/C54H77N9O13/c1-12-13-17-36-46(67)58-38(26-34-27-61(54(8,9)45(66)28-64)39-18-15-14-16-35(34)39)52(73)59(10)41(21-29(2)3)48(69)57-37(24-33-19-20-44(65)40(25-33)63(75)76)47(68)55-32(7)51(72)60(11)43-23-31(6)50(71)62(53(43)74)42(22-30(4)5)49(70)56-36/h12-16,18-20,25,27,29-32,36-38,41-43,45,50,64-66,71H,17,21-24,26,28H2,1-11H3,(H,55,68)(H,56,70)(H,57,69)(H,58,67)/b13-12+/t31-,32+,36+,37+,38+,41+,42+,43+,45-,50-/m1/s1. The van der Waals surface area contributed by atoms with Gasteiger partial charge in [0, 0.05) is 56.0 Å². The lowest BCUT2D eigenvalue weighted by Crippen LogP contribution is -2.66. The number of para-hydroxylation sites is 1. The molecule has 0 radical (unpaired) electrons. The number of aromatic hydroxyl groups is 1. The van der Waals surface area contributed by atoms with Gasteiger partial charge in [-0.2, -0.15) is 0 Å². The van der Waals surface area contributed by atoms with Crippen LogP contribution in [0.3, 0.4) is 0 Å². The highest BCUT2D eigenvalue weighted by Crippen LogP contribution is 2.33. The van der Waals surface area contributed by atoms with Gasteiger partial charge in [0.1, 0.15) is 48.5 Å². The Morgan fingerprint density at radius 2 is 1.38 bits per heavy atom. The Bertz CT molecular complexity index is 2670. The van der Waals surface area contributed by atoms with E-state index in [1.807, 2.05) is 27.7 Å². The molecule has 2 aliphatic heterocycles. The number of benzene rings is 2. The fraction of sp³-hybridized carbons (Fsp3) is 0.574. The van der Waals surface area contributed by atoms with Gasteiger partial charge < -0.3 is 61.0 Å². The van der Waals surface area contributed by atoms with Crippen LogP contribution in [0.4, 0.5) is 5.69 Å². The molecule has 0 saturated carbocycles. The first-order valence-electron chi connectivity index (χ1n) is 25.9. The lowest BCUT2D eigenvalue weighted by molar-refractivity contribution is -0.385. The number of aliphatic hydroxyl groups excluding tert-OH is 3. The number of hydrogen-bond donors (Lipinski definition) is 8. The van der Waals surface area contributed by atoms with Gasteiger partial charge >= 0.3 is 5.69 Å². The second-order valence-corrected chi connectivity index (χ2v) is 21.7. The van der Waals surface area contributed by atoms with E-state index < -0.39 is 137 Å². The van der Waals surface area contributed by atoms with Crippen LogP contribution in [0.25, 0.3) is 10.9 Å². The molecule has 2 aliphatic rings. The summed E-state index contributed by atoms with van der Waals surface area (Å²) in [6.07, 6.45) is 1.63. The van der Waals surface area contributed by atoms with Crippen molar-refractivity contribution in [3.05, 3.63) is 82.1 Å². The number of likely N-dealkylation sites (N-methyl/N-ethyl adjacent to an activating group) is 2. The molecule has 0 unspecified atom stereocenters. The van der Waals surface area contributed by atoms with Crippen molar-refractivity contribution in [1.82, 2.24) is 40.5 Å². The van der Waals surface area contributed by atoms with Crippen LogP contribution < -0.4 is 21.3 Å². The number of nitrogens with one attached hydrogen (secondary N) is 4. The Hall–Kier alpha value is -6.91. The number of aliphatic hydroxyl groups is 3. The van der Waals surface area contributed by atoms with Gasteiger partial charge in [0.15, 0.2) is 5.75 Å². The summed E-state index contributed by atoms with van der Waals surface area (Å²) in [6.45, 7) is 14.9. The maximum atomic E-state index is 15.4. The average molecular weight is 1060 g/mol. The number of hydrogen-bond acceptors (Lipinski definition) is 13. The summed E-state index contributed by atoms with van der Waals surface area (Å²) in [5.74, 6) is -7.46. The Balaban J connectivity index is 1.73. The molecule has 2 saturated heterocycles. The van der Waals surface area contributed by atoms with E-state index in [0.29, 0.717) is 16.5 Å². The number of phenolic OH excluding ortho intramolecular Hbond substituents is 1. The molecular weight excluding hydrogens is 983 g/mol. The number of nitro benzene ring substituents is 1. The third-order valence-electron chi connectivity index (χ3n) is 14.6. The highest BCUT2D eigenvalue weighted by atomic mass is 16.6. The summed E-state index contributed by atoms with van der Waals surface area (Å²) in [4.78, 5) is 118. The van der Waals surface area contributed by atoms with Crippen LogP contribution in [0.15, 0.2) is 60.8 Å². The zero-order valence-corrected chi connectivity index (χ0v) is 45.4. The lowest BCUT2D eigenvalue weighted by Gasteiger charge is -2.46. The molecule has 2 bridgehead atoms. The van der Waals surface area contributed by atoms with Gasteiger partial charge in [0.2, 0.25) is 41.4 Å². The summed E-state index contributed by atoms with van der Waals surface area (Å²) in [6, 6.07) is 0.906. The molecule has 2 fully saturated rings. The first-order chi connectivity index (χ1) is 35.6. The quantitative estimate of drug-likeness (QED) is 0.0655. The van der Waals surface area contributed by atoms with Crippen molar-refractivity contribution in [2.45, 2.75) is 161 Å². The van der Waals surface area contributed by atoms with Crippen molar-refractivity contribution in [1.29, 1.82) is 0 Å². The van der Waals surface area contributed by atoms with Crippen LogP contribution in [0.1, 0.15) is 99.1 Å². The number of rotatable bonds is 14. The van der Waals surface area contributed by atoms with Crippen LogP contribution in [0.5, 0.6) is 5.75 Å². The van der Waals surface area contributed by atoms with Crippen molar-refractivity contribution in [2.24, 2.45) is 17.8 Å². The summed E-state index contributed by atoms with van der Waals surface area (Å²) >= 11 is 0. The third-order valence-corrected chi connectivity index (χ3v) is 14.6. The van der Waals surface area contributed by atoms with E-state index in [4.69, 9.17) is 0 Å². The average Bonchev–Trinajstić information content (AvgIpc) is 3.74. The number of piperidine rings is 1. The Labute approximate surface area is 443 Å². The van der Waals surface area contributed by atoms with E-state index in [9.17, 15) is 59.3 Å². The van der Waals surface area contributed by atoms with E-state index in [1.165, 1.54) is 27.1 Å². The molecule has 416 valence electrons. The van der Waals surface area contributed by atoms with E-state index >= 15 is 4.79 Å². The summed E-state index contributed by atoms with van der Waals surface area (Å²) in [5.41, 5.74) is -0.462. The highest BCUT2D eigenvalue weighted by molar-refractivity contribution is 5.99. The number of phenols is 1. The minimum atomic E-state index is -1.56. The normalized spacial score (nSPS) is 25.7. The van der Waals surface area contributed by atoms with Crippen LogP contribution in [-0.2, 0) is 51.9 Å². The van der Waals surface area contributed by atoms with Gasteiger partial charge in [0.25, 0.3) is 0 Å². The number of nitrogens with zero attached hydrogens (tertiary/aromatic N) is 5. The molecule has 10 atom stereocenters. The van der Waals surface area contributed by atoms with Crippen LogP contribution >= 0.6 is 0 Å². The molecule has 2 aromatic carbocycles. The van der Waals surface area contributed by atoms with Crippen molar-refractivity contribution in [3.8, 4) is 5.75 Å². The largest absolute Gasteiger partial charge is 0.502 e. The number of fused-ring (bicyclic) bond motifs is 3. The van der Waals surface area contributed by atoms with Crippen LogP contribution in [0.2, 0.25) is 0 Å². The van der Waals surface area contributed by atoms with Crippen molar-refractivity contribution < 1.29 is 58.9 Å². The minimum Gasteiger partial charge on any atom is -0.502 e. The SMILES string of the molecule is C/C=C/C[C@@H]1NC(=O)[C@H](CC(C)C)N2C(=O)[C@H](C[C@@H](C)[C@H]2O)N(C)C(=O)[C@H](C)NC(=O)[C@H](Cc2ccc(O)c([N+](=O)[O-])c2)NC(=O)[C@H](CC(C)C)N(C)C(=O)[C@H](Cc2cn(C(C)(C)[C@H](O)CO)c3ccccc23)NC1=O. The number of allylic oxidation sites excluding steroid dienone is 1. The Morgan fingerprint density at radius 3 is 2.00 bits per heavy atom. The number of aromatic nitrogens is 1. The molecule has 76 heavy (non-hydrogen) atoms. The fourth-order valence-corrected chi connectivity index (χ4v) is 10.0. The van der Waals surface area contributed by atoms with Gasteiger partial charge in [-0.3, -0.25) is 43.7 Å². The van der Waals surface area contributed by atoms with E-state index in [-0.39, 0.29) is 49.5 Å². The molecule has 5 rings (SSSR count). The summed E-state index contributed by atoms with van der Waals surface area (Å²) < 4.78 is 1.77. The van der Waals surface area contributed by atoms with Gasteiger partial charge in [-0.05, 0) is 88.5 Å². The highest BCUT2D eigenvalue weighted by Gasteiger charge is 2.48. The van der Waals surface area contributed by atoms with E-state index in [0.717, 1.165) is 26.8 Å². The predicted molar refractivity (Wildman–Crippen MR) is 282 cm³/mol. The van der Waals surface area contributed by atoms with Crippen molar-refractivity contribution >= 4 is 57.9 Å².